The minimum Gasteiger partial charge on any atom is -0.339 e. The molecule has 0 spiro atoms. The molecule has 29 heavy (non-hydrogen) atoms. The van der Waals surface area contributed by atoms with Gasteiger partial charge in [0.2, 0.25) is 11.8 Å². The van der Waals surface area contributed by atoms with Crippen LogP contribution in [0.15, 0.2) is 28.8 Å². The second-order valence-corrected chi connectivity index (χ2v) is 7.70. The highest BCUT2D eigenvalue weighted by molar-refractivity contribution is 6.12. The third-order valence-electron chi connectivity index (χ3n) is 5.32. The third-order valence-corrected chi connectivity index (χ3v) is 5.32. The zero-order valence-corrected chi connectivity index (χ0v) is 16.4. The van der Waals surface area contributed by atoms with Gasteiger partial charge in [-0.2, -0.15) is 4.98 Å². The molecule has 1 aromatic heterocycles. The molecule has 1 aromatic carbocycles. The van der Waals surface area contributed by atoms with E-state index >= 15 is 0 Å². The van der Waals surface area contributed by atoms with Gasteiger partial charge in [-0.1, -0.05) is 19.0 Å². The number of likely N-dealkylation sites (tertiary alicyclic amines) is 1. The van der Waals surface area contributed by atoms with Gasteiger partial charge in [-0.3, -0.25) is 19.8 Å². The van der Waals surface area contributed by atoms with E-state index in [0.717, 1.165) is 12.8 Å². The summed E-state index contributed by atoms with van der Waals surface area (Å²) in [6, 6.07) is 6.30. The molecule has 2 aliphatic heterocycles. The summed E-state index contributed by atoms with van der Waals surface area (Å²) in [5, 5.41) is 6.26. The van der Waals surface area contributed by atoms with E-state index in [1.165, 1.54) is 4.90 Å². The molecule has 9 heteroatoms. The van der Waals surface area contributed by atoms with Gasteiger partial charge in [-0.15, -0.1) is 0 Å². The number of hydrogen-bond acceptors (Lipinski definition) is 6. The maximum Gasteiger partial charge on any atom is 0.329 e. The lowest BCUT2D eigenvalue weighted by Crippen LogP contribution is -2.38. The van der Waals surface area contributed by atoms with Crippen LogP contribution in [-0.2, 0) is 4.79 Å². The number of benzene rings is 1. The van der Waals surface area contributed by atoms with Gasteiger partial charge >= 0.3 is 6.03 Å². The van der Waals surface area contributed by atoms with Crippen molar-refractivity contribution in [3.05, 3.63) is 41.5 Å². The Morgan fingerprint density at radius 2 is 1.86 bits per heavy atom. The minimum absolute atomic E-state index is 0.00612. The lowest BCUT2D eigenvalue weighted by molar-refractivity contribution is -0.117. The van der Waals surface area contributed by atoms with Crippen molar-refractivity contribution in [1.29, 1.82) is 0 Å². The van der Waals surface area contributed by atoms with E-state index in [9.17, 15) is 14.4 Å². The molecule has 2 aromatic rings. The van der Waals surface area contributed by atoms with Gasteiger partial charge in [0.25, 0.3) is 5.91 Å². The van der Waals surface area contributed by atoms with Crippen LogP contribution in [-0.4, -0.2) is 52.5 Å². The highest BCUT2D eigenvalue weighted by Gasteiger charge is 2.30. The molecule has 4 amide bonds. The number of carbonyl (C=O) groups is 3. The molecular formula is C20H23N5O4. The maximum absolute atomic E-state index is 12.8. The normalized spacial score (nSPS) is 17.9. The molecule has 2 aliphatic rings. The van der Waals surface area contributed by atoms with Gasteiger partial charge in [0, 0.05) is 36.2 Å². The Morgan fingerprint density at radius 3 is 2.41 bits per heavy atom. The van der Waals surface area contributed by atoms with Gasteiger partial charge in [-0.25, -0.2) is 4.79 Å². The van der Waals surface area contributed by atoms with E-state index in [1.807, 2.05) is 18.7 Å². The van der Waals surface area contributed by atoms with E-state index in [4.69, 9.17) is 4.52 Å². The first-order valence-corrected chi connectivity index (χ1v) is 9.76. The average molecular weight is 397 g/mol. The molecule has 4 rings (SSSR count). The molecule has 0 aliphatic carbocycles. The number of amides is 4. The molecule has 0 atom stereocenters. The summed E-state index contributed by atoms with van der Waals surface area (Å²) in [7, 11) is 0. The van der Waals surface area contributed by atoms with Gasteiger partial charge in [-0.05, 0) is 37.1 Å². The summed E-state index contributed by atoms with van der Waals surface area (Å²) >= 11 is 0. The number of rotatable bonds is 4. The van der Waals surface area contributed by atoms with E-state index in [-0.39, 0.29) is 30.2 Å². The van der Waals surface area contributed by atoms with Crippen molar-refractivity contribution in [2.75, 3.05) is 24.5 Å². The Labute approximate surface area is 168 Å². The number of carbonyl (C=O) groups excluding carboxylic acids is 3. The predicted octanol–water partition coefficient (Wildman–Crippen LogP) is 2.27. The quantitative estimate of drug-likeness (QED) is 0.793. The van der Waals surface area contributed by atoms with Gasteiger partial charge in [0.1, 0.15) is 6.54 Å². The van der Waals surface area contributed by atoms with Crippen molar-refractivity contribution in [2.45, 2.75) is 38.5 Å². The number of nitrogens with one attached hydrogen (secondary N) is 1. The molecule has 2 saturated heterocycles. The second kappa shape index (κ2) is 7.65. The van der Waals surface area contributed by atoms with Gasteiger partial charge < -0.3 is 9.42 Å². The zero-order valence-electron chi connectivity index (χ0n) is 16.4. The fraction of sp³-hybridized carbons (Fsp3) is 0.450. The molecule has 152 valence electrons. The van der Waals surface area contributed by atoms with Crippen molar-refractivity contribution in [3.8, 4) is 0 Å². The molecule has 0 bridgehead atoms. The molecule has 1 N–H and O–H groups in total. The molecule has 2 fully saturated rings. The Morgan fingerprint density at radius 1 is 1.17 bits per heavy atom. The first kappa shape index (κ1) is 19.1. The summed E-state index contributed by atoms with van der Waals surface area (Å²) in [6.07, 6.45) is 1.55. The zero-order chi connectivity index (χ0) is 20.5. The second-order valence-electron chi connectivity index (χ2n) is 7.70. The number of urea groups is 1. The van der Waals surface area contributed by atoms with E-state index < -0.39 is 6.03 Å². The summed E-state index contributed by atoms with van der Waals surface area (Å²) < 4.78 is 5.40. The Hall–Kier alpha value is -3.23. The number of anilines is 1. The van der Waals surface area contributed by atoms with Crippen molar-refractivity contribution >= 4 is 23.5 Å². The van der Waals surface area contributed by atoms with Crippen molar-refractivity contribution < 1.29 is 18.9 Å². The smallest absolute Gasteiger partial charge is 0.329 e. The molecule has 0 unspecified atom stereocenters. The topological polar surface area (TPSA) is 109 Å². The van der Waals surface area contributed by atoms with Crippen LogP contribution in [0.1, 0.15) is 60.6 Å². The highest BCUT2D eigenvalue weighted by atomic mass is 16.5. The SMILES string of the molecule is CC(C)c1noc(C2CCN(C(=O)c3ccc(N4CC(=O)NC4=O)cc3)CC2)n1. The Balaban J connectivity index is 1.37. The average Bonchev–Trinajstić information content (AvgIpc) is 3.34. The van der Waals surface area contributed by atoms with E-state index in [0.29, 0.717) is 36.1 Å². The van der Waals surface area contributed by atoms with Crippen LogP contribution in [0.2, 0.25) is 0 Å². The van der Waals surface area contributed by atoms with Crippen molar-refractivity contribution in [1.82, 2.24) is 20.4 Å². The Bertz CT molecular complexity index is 929. The van der Waals surface area contributed by atoms with Crippen LogP contribution in [0.5, 0.6) is 0 Å². The van der Waals surface area contributed by atoms with Crippen LogP contribution < -0.4 is 10.2 Å². The summed E-state index contributed by atoms with van der Waals surface area (Å²) in [5.74, 6) is 1.38. The standard InChI is InChI=1S/C20H23N5O4/c1-12(2)17-22-18(29-23-17)13-7-9-24(10-8-13)19(27)14-3-5-15(6-4-14)25-11-16(26)21-20(25)28/h3-6,12-13H,7-11H2,1-2H3,(H,21,26,28). The van der Waals surface area contributed by atoms with Crippen LogP contribution in [0.4, 0.5) is 10.5 Å². The fourth-order valence-corrected chi connectivity index (χ4v) is 3.59. The fourth-order valence-electron chi connectivity index (χ4n) is 3.59. The van der Waals surface area contributed by atoms with E-state index in [1.54, 1.807) is 24.3 Å². The lowest BCUT2D eigenvalue weighted by atomic mass is 9.96. The first-order chi connectivity index (χ1) is 13.9. The number of imide groups is 1. The molecule has 3 heterocycles. The predicted molar refractivity (Wildman–Crippen MR) is 104 cm³/mol. The highest BCUT2D eigenvalue weighted by Crippen LogP contribution is 2.28. The Kier molecular flexibility index (Phi) is 5.04. The third kappa shape index (κ3) is 3.85. The van der Waals surface area contributed by atoms with Gasteiger partial charge in [0.05, 0.1) is 0 Å². The number of hydrogen-bond donors (Lipinski definition) is 1. The summed E-state index contributed by atoms with van der Waals surface area (Å²) in [4.78, 5) is 43.5. The summed E-state index contributed by atoms with van der Waals surface area (Å²) in [6.45, 7) is 5.28. The molecular weight excluding hydrogens is 374 g/mol. The van der Waals surface area contributed by atoms with Crippen LogP contribution >= 0.6 is 0 Å². The van der Waals surface area contributed by atoms with Crippen LogP contribution in [0.3, 0.4) is 0 Å². The summed E-state index contributed by atoms with van der Waals surface area (Å²) in [5.41, 5.74) is 1.14. The monoisotopic (exact) mass is 397 g/mol. The van der Waals surface area contributed by atoms with E-state index in [2.05, 4.69) is 15.5 Å². The molecule has 0 radical (unpaired) electrons. The molecule has 9 nitrogen and oxygen atoms in total. The minimum atomic E-state index is -0.446. The van der Waals surface area contributed by atoms with Crippen LogP contribution in [0, 0.1) is 0 Å². The lowest BCUT2D eigenvalue weighted by Gasteiger charge is -2.30. The molecule has 0 saturated carbocycles. The van der Waals surface area contributed by atoms with Gasteiger partial charge in [0.15, 0.2) is 5.82 Å². The largest absolute Gasteiger partial charge is 0.339 e. The van der Waals surface area contributed by atoms with Crippen LogP contribution in [0.25, 0.3) is 0 Å². The maximum atomic E-state index is 12.8. The number of aromatic nitrogens is 2. The number of nitrogens with zero attached hydrogens (tertiary/aromatic N) is 4. The first-order valence-electron chi connectivity index (χ1n) is 9.76. The van der Waals surface area contributed by atoms with Crippen molar-refractivity contribution in [3.63, 3.8) is 0 Å². The van der Waals surface area contributed by atoms with Crippen molar-refractivity contribution in [2.24, 2.45) is 0 Å². The number of piperidine rings is 1.